The zero-order valence-corrected chi connectivity index (χ0v) is 25.9. The number of rotatable bonds is 10. The van der Waals surface area contributed by atoms with Gasteiger partial charge in [-0.25, -0.2) is 4.68 Å². The van der Waals surface area contributed by atoms with Crippen molar-refractivity contribution in [2.45, 2.75) is 40.2 Å². The van der Waals surface area contributed by atoms with Gasteiger partial charge in [0.15, 0.2) is 5.82 Å². The summed E-state index contributed by atoms with van der Waals surface area (Å²) >= 11 is 1.31. The second kappa shape index (κ2) is 12.7. The predicted octanol–water partition coefficient (Wildman–Crippen LogP) is 6.61. The number of para-hydroxylation sites is 1. The molecule has 0 amide bonds. The highest BCUT2D eigenvalue weighted by molar-refractivity contribution is 7.15. The van der Waals surface area contributed by atoms with Crippen LogP contribution in [-0.4, -0.2) is 37.1 Å². The van der Waals surface area contributed by atoms with E-state index in [1.807, 2.05) is 111 Å². The van der Waals surface area contributed by atoms with E-state index in [1.54, 1.807) is 6.08 Å². The third-order valence-electron chi connectivity index (χ3n) is 6.84. The van der Waals surface area contributed by atoms with Gasteiger partial charge in [-0.3, -0.25) is 4.79 Å². The minimum absolute atomic E-state index is 0.0792. The van der Waals surface area contributed by atoms with Crippen molar-refractivity contribution in [2.24, 2.45) is 0 Å². The fourth-order valence-corrected chi connectivity index (χ4v) is 5.65. The molecule has 6 rings (SSSR count). The molecule has 3 heterocycles. The lowest BCUT2D eigenvalue weighted by atomic mass is 10.0. The van der Waals surface area contributed by atoms with E-state index in [4.69, 9.17) is 14.6 Å². The molecule has 222 valence electrons. The van der Waals surface area contributed by atoms with Crippen molar-refractivity contribution in [3.63, 3.8) is 0 Å². The number of ether oxygens (including phenoxy) is 2. The third-order valence-corrected chi connectivity index (χ3v) is 7.80. The zero-order valence-electron chi connectivity index (χ0n) is 25.1. The van der Waals surface area contributed by atoms with E-state index >= 15 is 0 Å². The molecule has 8 nitrogen and oxygen atoms in total. The number of aryl methyl sites for hydroxylation is 1. The van der Waals surface area contributed by atoms with Crippen LogP contribution in [0.3, 0.4) is 0 Å². The van der Waals surface area contributed by atoms with Crippen molar-refractivity contribution in [3.05, 3.63) is 116 Å². The van der Waals surface area contributed by atoms with E-state index in [1.165, 1.54) is 15.9 Å². The quantitative estimate of drug-likeness (QED) is 0.175. The molecule has 0 spiro atoms. The Morgan fingerprint density at radius 2 is 1.77 bits per heavy atom. The summed E-state index contributed by atoms with van der Waals surface area (Å²) in [6, 6.07) is 23.8. The van der Waals surface area contributed by atoms with Crippen LogP contribution in [0.2, 0.25) is 0 Å². The number of benzene rings is 3. The van der Waals surface area contributed by atoms with Crippen LogP contribution < -0.4 is 19.6 Å². The second-order valence-electron chi connectivity index (χ2n) is 10.7. The fraction of sp³-hybridized carbons (Fsp3) is 0.200. The van der Waals surface area contributed by atoms with Gasteiger partial charge in [0.1, 0.15) is 17.2 Å². The lowest BCUT2D eigenvalue weighted by Crippen LogP contribution is -2.23. The highest BCUT2D eigenvalue weighted by atomic mass is 32.1. The Kier molecular flexibility index (Phi) is 8.38. The van der Waals surface area contributed by atoms with Crippen LogP contribution >= 0.6 is 11.3 Å². The van der Waals surface area contributed by atoms with Crippen molar-refractivity contribution >= 4 is 34.5 Å². The molecular weight excluding hydrogens is 570 g/mol. The van der Waals surface area contributed by atoms with E-state index in [0.717, 1.165) is 51.6 Å². The average Bonchev–Trinajstić information content (AvgIpc) is 3.71. The Labute approximate surface area is 259 Å². The molecule has 0 fully saturated rings. The first-order chi connectivity index (χ1) is 21.4. The minimum Gasteiger partial charge on any atom is -0.494 e. The summed E-state index contributed by atoms with van der Waals surface area (Å²) in [5.74, 6) is 2.16. The number of thiazole rings is 1. The van der Waals surface area contributed by atoms with E-state index in [2.05, 4.69) is 23.1 Å². The number of nitrogens with zero attached hydrogens (tertiary/aromatic N) is 5. The molecule has 0 atom stereocenters. The Morgan fingerprint density at radius 1 is 0.977 bits per heavy atom. The third kappa shape index (κ3) is 6.33. The first-order valence-corrected chi connectivity index (χ1v) is 15.4. The summed E-state index contributed by atoms with van der Waals surface area (Å²) in [6.45, 7) is 8.82. The number of hydrogen-bond acceptors (Lipinski definition) is 7. The van der Waals surface area contributed by atoms with Crippen LogP contribution in [-0.2, 0) is 0 Å². The number of aromatic nitrogens is 5. The molecule has 0 N–H and O–H groups in total. The van der Waals surface area contributed by atoms with Gasteiger partial charge in [-0.05, 0) is 92.9 Å². The topological polar surface area (TPSA) is 83.5 Å². The highest BCUT2D eigenvalue weighted by Crippen LogP contribution is 2.29. The van der Waals surface area contributed by atoms with Gasteiger partial charge in [0.2, 0.25) is 4.96 Å². The summed E-state index contributed by atoms with van der Waals surface area (Å²) in [7, 11) is 0. The maximum Gasteiger partial charge on any atom is 0.291 e. The molecule has 9 heteroatoms. The summed E-state index contributed by atoms with van der Waals surface area (Å²) < 4.78 is 15.3. The first kappa shape index (κ1) is 29.1. The fourth-order valence-electron chi connectivity index (χ4n) is 4.74. The van der Waals surface area contributed by atoms with Gasteiger partial charge < -0.3 is 9.47 Å². The number of hydrogen-bond donors (Lipinski definition) is 0. The monoisotopic (exact) mass is 603 g/mol. The van der Waals surface area contributed by atoms with Crippen molar-refractivity contribution in [1.82, 2.24) is 24.4 Å². The van der Waals surface area contributed by atoms with Crippen molar-refractivity contribution < 1.29 is 9.47 Å². The molecule has 0 aliphatic heterocycles. The van der Waals surface area contributed by atoms with Crippen LogP contribution in [0.4, 0.5) is 0 Å². The van der Waals surface area contributed by atoms with E-state index in [-0.39, 0.29) is 11.7 Å². The van der Waals surface area contributed by atoms with Gasteiger partial charge in [-0.1, -0.05) is 54.7 Å². The van der Waals surface area contributed by atoms with Crippen LogP contribution in [0.5, 0.6) is 11.5 Å². The molecule has 3 aromatic heterocycles. The Bertz CT molecular complexity index is 2040. The Balaban J connectivity index is 1.34. The Hall–Kier alpha value is -5.02. The van der Waals surface area contributed by atoms with Gasteiger partial charge in [0.05, 0.1) is 22.9 Å². The first-order valence-electron chi connectivity index (χ1n) is 14.6. The largest absolute Gasteiger partial charge is 0.494 e. The lowest BCUT2D eigenvalue weighted by molar-refractivity contribution is 0.241. The summed E-state index contributed by atoms with van der Waals surface area (Å²) in [4.78, 5) is 18.6. The molecule has 3 aromatic carbocycles. The molecule has 6 aromatic rings. The molecule has 0 saturated carbocycles. The summed E-state index contributed by atoms with van der Waals surface area (Å²) in [6.07, 6.45) is 8.59. The molecule has 0 aliphatic carbocycles. The maximum atomic E-state index is 13.4. The molecule has 0 radical (unpaired) electrons. The van der Waals surface area contributed by atoms with Gasteiger partial charge >= 0.3 is 0 Å². The van der Waals surface area contributed by atoms with Gasteiger partial charge in [0.25, 0.3) is 5.56 Å². The molecule has 0 unspecified atom stereocenters. The predicted molar refractivity (Wildman–Crippen MR) is 177 cm³/mol. The van der Waals surface area contributed by atoms with Gasteiger partial charge in [0, 0.05) is 17.3 Å². The van der Waals surface area contributed by atoms with Crippen LogP contribution in [0.1, 0.15) is 49.7 Å². The molecule has 0 saturated heterocycles. The molecule has 44 heavy (non-hydrogen) atoms. The summed E-state index contributed by atoms with van der Waals surface area (Å²) in [5, 5.41) is 9.39. The zero-order chi connectivity index (χ0) is 30.6. The van der Waals surface area contributed by atoms with Crippen molar-refractivity contribution in [1.29, 1.82) is 0 Å². The second-order valence-corrected chi connectivity index (χ2v) is 11.7. The Morgan fingerprint density at radius 3 is 2.48 bits per heavy atom. The van der Waals surface area contributed by atoms with Crippen LogP contribution in [0.25, 0.3) is 40.1 Å². The minimum atomic E-state index is -0.218. The van der Waals surface area contributed by atoms with Crippen molar-refractivity contribution in [3.8, 4) is 28.4 Å². The maximum absolute atomic E-state index is 13.4. The van der Waals surface area contributed by atoms with E-state index < -0.39 is 0 Å². The standard InChI is InChI=1S/C35H33N5O3S/c1-5-19-42-29-15-11-25(12-16-29)13-18-32-36-35-40(37-32)34(41)31(44-35)21-27-22-39(28-9-7-6-8-10-28)38-33(27)26-14-17-30(24(4)20-26)43-23(2)3/h6-18,20-23H,5,19H2,1-4H3/b18-13+,31-21-. The van der Waals surface area contributed by atoms with Crippen LogP contribution in [0.15, 0.2) is 83.8 Å². The molecule has 0 bridgehead atoms. The molecular formula is C35H33N5O3S. The van der Waals surface area contributed by atoms with E-state index in [0.29, 0.717) is 21.9 Å². The van der Waals surface area contributed by atoms with E-state index in [9.17, 15) is 4.79 Å². The summed E-state index contributed by atoms with van der Waals surface area (Å²) in [5.41, 5.74) is 5.23. The van der Waals surface area contributed by atoms with Gasteiger partial charge in [-0.15, -0.1) is 5.10 Å². The van der Waals surface area contributed by atoms with Gasteiger partial charge in [-0.2, -0.15) is 14.6 Å². The number of fused-ring (bicyclic) bond motifs is 1. The lowest BCUT2D eigenvalue weighted by Gasteiger charge is -2.13. The van der Waals surface area contributed by atoms with Crippen molar-refractivity contribution in [2.75, 3.05) is 6.61 Å². The molecule has 0 aliphatic rings. The SMILES string of the molecule is CCCOc1ccc(/C=C/c2nc3s/c(=C\c4cn(-c5ccccc5)nc4-c4ccc(OC(C)C)c(C)c4)c(=O)n3n2)cc1. The normalized spacial score (nSPS) is 12.2. The highest BCUT2D eigenvalue weighted by Gasteiger charge is 2.15. The average molecular weight is 604 g/mol. The smallest absolute Gasteiger partial charge is 0.291 e. The van der Waals surface area contributed by atoms with Crippen LogP contribution in [0, 0.1) is 6.92 Å².